The van der Waals surface area contributed by atoms with Crippen LogP contribution in [0.4, 0.5) is 0 Å². The van der Waals surface area contributed by atoms with E-state index in [2.05, 4.69) is 20.6 Å². The van der Waals surface area contributed by atoms with Crippen molar-refractivity contribution in [2.24, 2.45) is 7.05 Å². The summed E-state index contributed by atoms with van der Waals surface area (Å²) in [5, 5.41) is 11.2. The normalized spacial score (nSPS) is 14.2. The zero-order valence-corrected chi connectivity index (χ0v) is 13.9. The summed E-state index contributed by atoms with van der Waals surface area (Å²) >= 11 is 0. The molecular weight excluding hydrogens is 294 g/mol. The molecule has 124 valence electrons. The maximum atomic E-state index is 12.0. The zero-order valence-electron chi connectivity index (χ0n) is 13.9. The first-order chi connectivity index (χ1) is 11.0. The molecule has 7 nitrogen and oxygen atoms in total. The lowest BCUT2D eigenvalue weighted by Crippen LogP contribution is -2.26. The average Bonchev–Trinajstić information content (AvgIpc) is 3.21. The molecule has 1 amide bonds. The monoisotopic (exact) mass is 317 g/mol. The summed E-state index contributed by atoms with van der Waals surface area (Å²) in [6.07, 6.45) is 4.07. The summed E-state index contributed by atoms with van der Waals surface area (Å²) < 4.78 is 7.05. The molecule has 1 aliphatic rings. The number of carbonyl (C=O) groups is 1. The van der Waals surface area contributed by atoms with Crippen LogP contribution in [0.5, 0.6) is 0 Å². The van der Waals surface area contributed by atoms with E-state index in [1.165, 1.54) is 0 Å². The second kappa shape index (κ2) is 6.52. The van der Waals surface area contributed by atoms with Gasteiger partial charge in [-0.2, -0.15) is 10.1 Å². The summed E-state index contributed by atoms with van der Waals surface area (Å²) in [6.45, 7) is 4.54. The van der Waals surface area contributed by atoms with Crippen LogP contribution in [0.1, 0.15) is 53.8 Å². The van der Waals surface area contributed by atoms with Gasteiger partial charge in [-0.25, -0.2) is 0 Å². The van der Waals surface area contributed by atoms with Crippen LogP contribution < -0.4 is 5.32 Å². The van der Waals surface area contributed by atoms with Gasteiger partial charge in [0.25, 0.3) is 0 Å². The maximum Gasteiger partial charge on any atom is 0.229 e. The molecule has 0 aromatic carbocycles. The van der Waals surface area contributed by atoms with Gasteiger partial charge in [0.2, 0.25) is 11.8 Å². The van der Waals surface area contributed by atoms with Crippen molar-refractivity contribution in [1.82, 2.24) is 25.2 Å². The Morgan fingerprint density at radius 3 is 2.78 bits per heavy atom. The zero-order chi connectivity index (χ0) is 16.4. The van der Waals surface area contributed by atoms with Crippen molar-refractivity contribution in [1.29, 1.82) is 0 Å². The van der Waals surface area contributed by atoms with Crippen molar-refractivity contribution in [3.05, 3.63) is 28.7 Å². The van der Waals surface area contributed by atoms with Gasteiger partial charge in [-0.15, -0.1) is 0 Å². The topological polar surface area (TPSA) is 85.8 Å². The molecule has 1 aliphatic carbocycles. The van der Waals surface area contributed by atoms with Crippen LogP contribution in [-0.4, -0.2) is 32.4 Å². The van der Waals surface area contributed by atoms with E-state index < -0.39 is 0 Å². The van der Waals surface area contributed by atoms with Gasteiger partial charge in [0.05, 0.1) is 5.69 Å². The van der Waals surface area contributed by atoms with Gasteiger partial charge >= 0.3 is 0 Å². The van der Waals surface area contributed by atoms with E-state index in [1.807, 2.05) is 25.6 Å². The van der Waals surface area contributed by atoms with Crippen LogP contribution in [0.3, 0.4) is 0 Å². The van der Waals surface area contributed by atoms with Crippen LogP contribution in [0.15, 0.2) is 4.52 Å². The van der Waals surface area contributed by atoms with Gasteiger partial charge in [0.15, 0.2) is 5.82 Å². The lowest BCUT2D eigenvalue weighted by Gasteiger charge is -2.04. The summed E-state index contributed by atoms with van der Waals surface area (Å²) in [5.74, 6) is 1.93. The molecule has 1 saturated carbocycles. The number of nitrogens with one attached hydrogen (secondary N) is 1. The van der Waals surface area contributed by atoms with Crippen LogP contribution in [-0.2, 0) is 24.7 Å². The van der Waals surface area contributed by atoms with Gasteiger partial charge < -0.3 is 9.84 Å². The summed E-state index contributed by atoms with van der Waals surface area (Å²) in [4.78, 5) is 16.3. The molecular formula is C16H23N5O2. The maximum absolute atomic E-state index is 12.0. The molecule has 0 unspecified atom stereocenters. The molecule has 3 rings (SSSR count). The van der Waals surface area contributed by atoms with Gasteiger partial charge in [-0.3, -0.25) is 9.48 Å². The van der Waals surface area contributed by atoms with E-state index in [0.717, 1.165) is 35.7 Å². The van der Waals surface area contributed by atoms with Gasteiger partial charge in [0.1, 0.15) is 0 Å². The molecule has 2 aromatic rings. The molecule has 0 radical (unpaired) electrons. The Hall–Kier alpha value is -2.18. The predicted octanol–water partition coefficient (Wildman–Crippen LogP) is 1.59. The second-order valence-electron chi connectivity index (χ2n) is 6.20. The number of hydrogen-bond donors (Lipinski definition) is 1. The SMILES string of the molecule is Cc1nn(C)c(C)c1CCC(=O)NCCc1noc(C2CC2)n1. The highest BCUT2D eigenvalue weighted by Gasteiger charge is 2.29. The third-order valence-electron chi connectivity index (χ3n) is 4.34. The van der Waals surface area contributed by atoms with E-state index in [9.17, 15) is 4.79 Å². The summed E-state index contributed by atoms with van der Waals surface area (Å²) in [7, 11) is 1.92. The fraction of sp³-hybridized carbons (Fsp3) is 0.625. The minimum Gasteiger partial charge on any atom is -0.356 e. The smallest absolute Gasteiger partial charge is 0.229 e. The quantitative estimate of drug-likeness (QED) is 0.838. The molecule has 23 heavy (non-hydrogen) atoms. The molecule has 1 N–H and O–H groups in total. The number of aromatic nitrogens is 4. The third kappa shape index (κ3) is 3.78. The Morgan fingerprint density at radius 2 is 2.13 bits per heavy atom. The lowest BCUT2D eigenvalue weighted by atomic mass is 10.1. The van der Waals surface area contributed by atoms with E-state index in [4.69, 9.17) is 4.52 Å². The van der Waals surface area contributed by atoms with Crippen molar-refractivity contribution >= 4 is 5.91 Å². The van der Waals surface area contributed by atoms with Gasteiger partial charge in [0, 0.05) is 38.0 Å². The molecule has 1 fully saturated rings. The van der Waals surface area contributed by atoms with Gasteiger partial charge in [-0.05, 0) is 38.7 Å². The second-order valence-corrected chi connectivity index (χ2v) is 6.20. The highest BCUT2D eigenvalue weighted by molar-refractivity contribution is 5.76. The van der Waals surface area contributed by atoms with Gasteiger partial charge in [-0.1, -0.05) is 5.16 Å². The molecule has 0 spiro atoms. The first kappa shape index (κ1) is 15.7. The van der Waals surface area contributed by atoms with E-state index in [-0.39, 0.29) is 5.91 Å². The highest BCUT2D eigenvalue weighted by Crippen LogP contribution is 2.38. The van der Waals surface area contributed by atoms with E-state index in [0.29, 0.717) is 37.5 Å². The Balaban J connectivity index is 1.40. The van der Waals surface area contributed by atoms with Crippen LogP contribution >= 0.6 is 0 Å². The van der Waals surface area contributed by atoms with Crippen LogP contribution in [0.2, 0.25) is 0 Å². The largest absolute Gasteiger partial charge is 0.356 e. The lowest BCUT2D eigenvalue weighted by molar-refractivity contribution is -0.121. The van der Waals surface area contributed by atoms with Crippen LogP contribution in [0.25, 0.3) is 0 Å². The number of amides is 1. The van der Waals surface area contributed by atoms with Crippen molar-refractivity contribution in [3.8, 4) is 0 Å². The fourth-order valence-electron chi connectivity index (χ4n) is 2.69. The average molecular weight is 317 g/mol. The molecule has 0 bridgehead atoms. The molecule has 0 saturated heterocycles. The minimum atomic E-state index is 0.0403. The molecule has 0 atom stereocenters. The Morgan fingerprint density at radius 1 is 1.35 bits per heavy atom. The Kier molecular flexibility index (Phi) is 4.45. The summed E-state index contributed by atoms with van der Waals surface area (Å²) in [5.41, 5.74) is 3.28. The van der Waals surface area contributed by atoms with Crippen LogP contribution in [0, 0.1) is 13.8 Å². The third-order valence-corrected chi connectivity index (χ3v) is 4.34. The number of carbonyl (C=O) groups excluding carboxylic acids is 1. The van der Waals surface area contributed by atoms with Crippen molar-refractivity contribution < 1.29 is 9.32 Å². The van der Waals surface area contributed by atoms with E-state index in [1.54, 1.807) is 0 Å². The molecule has 7 heteroatoms. The number of aryl methyl sites for hydroxylation is 2. The van der Waals surface area contributed by atoms with Crippen molar-refractivity contribution in [2.45, 2.75) is 51.9 Å². The number of rotatable bonds is 7. The molecule has 2 heterocycles. The number of nitrogens with zero attached hydrogens (tertiary/aromatic N) is 4. The first-order valence-electron chi connectivity index (χ1n) is 8.13. The molecule has 0 aliphatic heterocycles. The molecule has 2 aromatic heterocycles. The fourth-order valence-corrected chi connectivity index (χ4v) is 2.69. The standard InChI is InChI=1S/C16H23N5O2/c1-10-13(11(2)21(3)19-10)6-7-15(22)17-9-8-14-18-16(23-20-14)12-4-5-12/h12H,4-9H2,1-3H3,(H,17,22). The highest BCUT2D eigenvalue weighted by atomic mass is 16.5. The van der Waals surface area contributed by atoms with Crippen molar-refractivity contribution in [3.63, 3.8) is 0 Å². The van der Waals surface area contributed by atoms with Crippen molar-refractivity contribution in [2.75, 3.05) is 6.54 Å². The Labute approximate surface area is 135 Å². The first-order valence-corrected chi connectivity index (χ1v) is 8.13. The number of hydrogen-bond acceptors (Lipinski definition) is 5. The Bertz CT molecular complexity index is 699. The van der Waals surface area contributed by atoms with E-state index >= 15 is 0 Å². The minimum absolute atomic E-state index is 0.0403. The predicted molar refractivity (Wildman–Crippen MR) is 84.0 cm³/mol. The summed E-state index contributed by atoms with van der Waals surface area (Å²) in [6, 6.07) is 0.